The van der Waals surface area contributed by atoms with E-state index in [9.17, 15) is 0 Å². The zero-order valence-corrected chi connectivity index (χ0v) is 7.97. The van der Waals surface area contributed by atoms with Crippen molar-refractivity contribution in [3.8, 4) is 0 Å². The predicted octanol–water partition coefficient (Wildman–Crippen LogP) is 0.929. The van der Waals surface area contributed by atoms with E-state index in [2.05, 4.69) is 21.5 Å². The lowest BCUT2D eigenvalue weighted by Gasteiger charge is -2.01. The molecule has 0 bridgehead atoms. The molecule has 3 nitrogen and oxygen atoms in total. The fourth-order valence-electron chi connectivity index (χ4n) is 0.813. The Bertz CT molecular complexity index is 203. The third-order valence-electron chi connectivity index (χ3n) is 1.43. The molecule has 4 heteroatoms. The summed E-state index contributed by atoms with van der Waals surface area (Å²) in [7, 11) is 0. The van der Waals surface area contributed by atoms with Crippen LogP contribution < -0.4 is 5.32 Å². The van der Waals surface area contributed by atoms with E-state index in [-0.39, 0.29) is 0 Å². The minimum absolute atomic E-state index is 0.836. The van der Waals surface area contributed by atoms with E-state index in [4.69, 9.17) is 0 Å². The fourth-order valence-corrected chi connectivity index (χ4v) is 1.16. The largest absolute Gasteiger partial charge is 0.310 e. The monoisotopic (exact) mass is 183 g/mol. The van der Waals surface area contributed by atoms with Gasteiger partial charge in [0, 0.05) is 25.0 Å². The van der Waals surface area contributed by atoms with Gasteiger partial charge in [-0.25, -0.2) is 9.97 Å². The van der Waals surface area contributed by atoms with Gasteiger partial charge < -0.3 is 5.32 Å². The number of rotatable bonds is 5. The van der Waals surface area contributed by atoms with Crippen LogP contribution in [-0.4, -0.2) is 28.5 Å². The van der Waals surface area contributed by atoms with Crippen LogP contribution in [0, 0.1) is 0 Å². The summed E-state index contributed by atoms with van der Waals surface area (Å²) in [5.41, 5.74) is 1.05. The first-order valence-corrected chi connectivity index (χ1v) is 5.27. The third kappa shape index (κ3) is 3.69. The fraction of sp³-hybridized carbons (Fsp3) is 0.500. The van der Waals surface area contributed by atoms with E-state index in [0.29, 0.717) is 0 Å². The van der Waals surface area contributed by atoms with Crippen molar-refractivity contribution < 1.29 is 0 Å². The number of aromatic nitrogens is 2. The first-order valence-electron chi connectivity index (χ1n) is 3.88. The molecule has 0 spiro atoms. The highest BCUT2D eigenvalue weighted by atomic mass is 32.2. The van der Waals surface area contributed by atoms with Gasteiger partial charge in [-0.1, -0.05) is 0 Å². The predicted molar refractivity (Wildman–Crippen MR) is 52.1 cm³/mol. The van der Waals surface area contributed by atoms with E-state index >= 15 is 0 Å². The molecule has 1 aromatic heterocycles. The summed E-state index contributed by atoms with van der Waals surface area (Å²) in [6, 6.07) is 1.92. The van der Waals surface area contributed by atoms with Crippen LogP contribution in [-0.2, 0) is 6.54 Å². The van der Waals surface area contributed by atoms with Crippen LogP contribution in [0.15, 0.2) is 18.6 Å². The van der Waals surface area contributed by atoms with Crippen molar-refractivity contribution in [2.45, 2.75) is 6.54 Å². The average molecular weight is 183 g/mol. The summed E-state index contributed by atoms with van der Waals surface area (Å²) in [5, 5.41) is 3.29. The smallest absolute Gasteiger partial charge is 0.115 e. The lowest BCUT2D eigenvalue weighted by molar-refractivity contribution is 0.713. The Kier molecular flexibility index (Phi) is 4.71. The second kappa shape index (κ2) is 5.97. The molecular weight excluding hydrogens is 170 g/mol. The standard InChI is InChI=1S/C8H13N3S/c1-12-5-4-9-6-8-2-3-10-7-11-8/h2-3,7,9H,4-6H2,1H3. The zero-order valence-electron chi connectivity index (χ0n) is 7.16. The summed E-state index contributed by atoms with van der Waals surface area (Å²) in [6.45, 7) is 1.87. The molecule has 1 N–H and O–H groups in total. The second-order valence-corrected chi connectivity index (χ2v) is 3.36. The Hall–Kier alpha value is -0.610. The highest BCUT2D eigenvalue weighted by molar-refractivity contribution is 7.98. The number of hydrogen-bond donors (Lipinski definition) is 1. The van der Waals surface area contributed by atoms with Gasteiger partial charge in [-0.3, -0.25) is 0 Å². The normalized spacial score (nSPS) is 10.1. The van der Waals surface area contributed by atoms with Crippen LogP contribution in [0.25, 0.3) is 0 Å². The minimum Gasteiger partial charge on any atom is -0.310 e. The van der Waals surface area contributed by atoms with Gasteiger partial charge in [0.25, 0.3) is 0 Å². The van der Waals surface area contributed by atoms with Crippen molar-refractivity contribution in [2.75, 3.05) is 18.6 Å². The highest BCUT2D eigenvalue weighted by Gasteiger charge is 1.90. The van der Waals surface area contributed by atoms with E-state index in [1.54, 1.807) is 12.5 Å². The molecule has 0 saturated heterocycles. The van der Waals surface area contributed by atoms with Crippen molar-refractivity contribution in [1.82, 2.24) is 15.3 Å². The molecule has 0 aliphatic heterocycles. The SMILES string of the molecule is CSCCNCc1ccncn1. The minimum atomic E-state index is 0.836. The van der Waals surface area contributed by atoms with Crippen LogP contribution in [0.2, 0.25) is 0 Å². The number of thioether (sulfide) groups is 1. The highest BCUT2D eigenvalue weighted by Crippen LogP contribution is 1.91. The van der Waals surface area contributed by atoms with Gasteiger partial charge in [-0.15, -0.1) is 0 Å². The number of nitrogens with one attached hydrogen (secondary N) is 1. The molecule has 0 aromatic carbocycles. The summed E-state index contributed by atoms with van der Waals surface area (Å²) in [5.74, 6) is 1.14. The van der Waals surface area contributed by atoms with Crippen molar-refractivity contribution in [1.29, 1.82) is 0 Å². The Labute approximate surface area is 77.0 Å². The maximum atomic E-state index is 4.10. The molecular formula is C8H13N3S. The first kappa shape index (κ1) is 9.48. The van der Waals surface area contributed by atoms with E-state index in [1.165, 1.54) is 0 Å². The van der Waals surface area contributed by atoms with Gasteiger partial charge >= 0.3 is 0 Å². The lowest BCUT2D eigenvalue weighted by atomic mass is 10.4. The van der Waals surface area contributed by atoms with Crippen LogP contribution in [0.1, 0.15) is 5.69 Å². The molecule has 1 rings (SSSR count). The molecule has 0 saturated carbocycles. The first-order chi connectivity index (χ1) is 5.93. The molecule has 12 heavy (non-hydrogen) atoms. The quantitative estimate of drug-likeness (QED) is 0.689. The van der Waals surface area contributed by atoms with Gasteiger partial charge in [-0.05, 0) is 12.3 Å². The van der Waals surface area contributed by atoms with Gasteiger partial charge in [0.05, 0.1) is 5.69 Å². The van der Waals surface area contributed by atoms with E-state index < -0.39 is 0 Å². The Balaban J connectivity index is 2.16. The molecule has 0 unspecified atom stereocenters. The Morgan fingerprint density at radius 2 is 2.50 bits per heavy atom. The molecule has 0 radical (unpaired) electrons. The van der Waals surface area contributed by atoms with Gasteiger partial charge in [0.1, 0.15) is 6.33 Å². The Morgan fingerprint density at radius 3 is 3.17 bits per heavy atom. The second-order valence-electron chi connectivity index (χ2n) is 2.37. The van der Waals surface area contributed by atoms with E-state index in [0.717, 1.165) is 24.5 Å². The summed E-state index contributed by atoms with van der Waals surface area (Å²) in [4.78, 5) is 7.94. The lowest BCUT2D eigenvalue weighted by Crippen LogP contribution is -2.17. The topological polar surface area (TPSA) is 37.8 Å². The maximum Gasteiger partial charge on any atom is 0.115 e. The van der Waals surface area contributed by atoms with Crippen molar-refractivity contribution >= 4 is 11.8 Å². The molecule has 1 aromatic rings. The number of hydrogen-bond acceptors (Lipinski definition) is 4. The zero-order chi connectivity index (χ0) is 8.65. The van der Waals surface area contributed by atoms with Gasteiger partial charge in [0.2, 0.25) is 0 Å². The summed E-state index contributed by atoms with van der Waals surface area (Å²) < 4.78 is 0. The van der Waals surface area contributed by atoms with Gasteiger partial charge in [0.15, 0.2) is 0 Å². The van der Waals surface area contributed by atoms with Crippen LogP contribution >= 0.6 is 11.8 Å². The molecule has 0 aliphatic carbocycles. The number of nitrogens with zero attached hydrogens (tertiary/aromatic N) is 2. The average Bonchev–Trinajstić information content (AvgIpc) is 2.14. The molecule has 0 atom stereocenters. The van der Waals surface area contributed by atoms with Crippen molar-refractivity contribution in [2.24, 2.45) is 0 Å². The van der Waals surface area contributed by atoms with Crippen LogP contribution in [0.4, 0.5) is 0 Å². The maximum absolute atomic E-state index is 4.10. The molecule has 66 valence electrons. The summed E-state index contributed by atoms with van der Waals surface area (Å²) in [6.07, 6.45) is 5.44. The molecule has 0 fully saturated rings. The van der Waals surface area contributed by atoms with Crippen molar-refractivity contribution in [3.63, 3.8) is 0 Å². The third-order valence-corrected chi connectivity index (χ3v) is 2.04. The van der Waals surface area contributed by atoms with Crippen LogP contribution in [0.3, 0.4) is 0 Å². The summed E-state index contributed by atoms with van der Waals surface area (Å²) >= 11 is 1.84. The molecule has 0 aliphatic rings. The molecule has 1 heterocycles. The van der Waals surface area contributed by atoms with Crippen molar-refractivity contribution in [3.05, 3.63) is 24.3 Å². The van der Waals surface area contributed by atoms with Gasteiger partial charge in [-0.2, -0.15) is 11.8 Å². The van der Waals surface area contributed by atoms with Crippen LogP contribution in [0.5, 0.6) is 0 Å². The molecule has 0 amide bonds. The Morgan fingerprint density at radius 1 is 1.58 bits per heavy atom. The van der Waals surface area contributed by atoms with E-state index in [1.807, 2.05) is 17.8 Å².